The van der Waals surface area contributed by atoms with Gasteiger partial charge in [0.2, 0.25) is 5.88 Å². The zero-order valence-electron chi connectivity index (χ0n) is 9.71. The lowest BCUT2D eigenvalue weighted by atomic mass is 10.3. The van der Waals surface area contributed by atoms with Crippen LogP contribution in [0, 0.1) is 0 Å². The molecule has 0 spiro atoms. The summed E-state index contributed by atoms with van der Waals surface area (Å²) in [7, 11) is 0. The molecule has 2 aromatic rings. The Morgan fingerprint density at radius 3 is 2.88 bits per heavy atom. The average Bonchev–Trinajstić information content (AvgIpc) is 2.78. The molecule has 0 atom stereocenters. The van der Waals surface area contributed by atoms with Crippen LogP contribution in [0.4, 0.5) is 0 Å². The van der Waals surface area contributed by atoms with Crippen molar-refractivity contribution < 1.29 is 9.84 Å². The lowest BCUT2D eigenvalue weighted by Crippen LogP contribution is -1.95. The van der Waals surface area contributed by atoms with Crippen LogP contribution in [-0.2, 0) is 13.2 Å². The molecule has 5 heteroatoms. The summed E-state index contributed by atoms with van der Waals surface area (Å²) in [6.45, 7) is 2.96. The zero-order valence-corrected chi connectivity index (χ0v) is 9.71. The number of rotatable bonds is 5. The topological polar surface area (TPSA) is 60.2 Å². The molecular weight excluding hydrogens is 218 g/mol. The summed E-state index contributed by atoms with van der Waals surface area (Å²) in [6.07, 6.45) is 6.12. The van der Waals surface area contributed by atoms with Crippen LogP contribution in [0.5, 0.6) is 11.6 Å². The van der Waals surface area contributed by atoms with Gasteiger partial charge in [-0.1, -0.05) is 6.92 Å². The summed E-state index contributed by atoms with van der Waals surface area (Å²) in [5.74, 6) is 1.17. The molecule has 0 unspecified atom stereocenters. The fourth-order valence-corrected chi connectivity index (χ4v) is 1.43. The summed E-state index contributed by atoms with van der Waals surface area (Å²) >= 11 is 0. The second-order valence-electron chi connectivity index (χ2n) is 3.70. The third kappa shape index (κ3) is 3.04. The number of aliphatic hydroxyl groups is 1. The first-order valence-electron chi connectivity index (χ1n) is 5.58. The highest BCUT2D eigenvalue weighted by Crippen LogP contribution is 2.18. The van der Waals surface area contributed by atoms with E-state index in [4.69, 9.17) is 9.84 Å². The summed E-state index contributed by atoms with van der Waals surface area (Å²) < 4.78 is 7.36. The molecule has 17 heavy (non-hydrogen) atoms. The number of aromatic nitrogens is 3. The molecule has 0 bridgehead atoms. The standard InChI is InChI=1S/C12H15N3O2/c1-2-5-15-8-11(7-14-15)17-12-4-3-10(9-16)6-13-12/h3-4,6-8,16H,2,5,9H2,1H3. The third-order valence-corrected chi connectivity index (χ3v) is 2.26. The maximum absolute atomic E-state index is 8.89. The van der Waals surface area contributed by atoms with E-state index in [1.54, 1.807) is 24.5 Å². The Morgan fingerprint density at radius 2 is 2.24 bits per heavy atom. The van der Waals surface area contributed by atoms with Crippen molar-refractivity contribution in [3.8, 4) is 11.6 Å². The molecular formula is C12H15N3O2. The fraction of sp³-hybridized carbons (Fsp3) is 0.333. The van der Waals surface area contributed by atoms with E-state index < -0.39 is 0 Å². The minimum absolute atomic E-state index is 0.0122. The van der Waals surface area contributed by atoms with Crippen LogP contribution < -0.4 is 4.74 Å². The average molecular weight is 233 g/mol. The molecule has 0 fully saturated rings. The number of ether oxygens (including phenoxy) is 1. The maximum Gasteiger partial charge on any atom is 0.219 e. The van der Waals surface area contributed by atoms with E-state index in [-0.39, 0.29) is 6.61 Å². The first-order valence-corrected chi connectivity index (χ1v) is 5.58. The van der Waals surface area contributed by atoms with Gasteiger partial charge in [0.1, 0.15) is 0 Å². The molecule has 90 valence electrons. The SMILES string of the molecule is CCCn1cc(Oc2ccc(CO)cn2)cn1. The number of nitrogens with zero attached hydrogens (tertiary/aromatic N) is 3. The first kappa shape index (κ1) is 11.6. The predicted molar refractivity (Wildman–Crippen MR) is 62.8 cm³/mol. The summed E-state index contributed by atoms with van der Waals surface area (Å²) in [5.41, 5.74) is 0.763. The quantitative estimate of drug-likeness (QED) is 0.857. The van der Waals surface area contributed by atoms with Gasteiger partial charge in [-0.2, -0.15) is 5.10 Å². The fourth-order valence-electron chi connectivity index (χ4n) is 1.43. The minimum Gasteiger partial charge on any atom is -0.436 e. The van der Waals surface area contributed by atoms with Gasteiger partial charge in [0.15, 0.2) is 5.75 Å². The highest BCUT2D eigenvalue weighted by atomic mass is 16.5. The molecule has 2 aromatic heterocycles. The molecule has 0 aliphatic rings. The van der Waals surface area contributed by atoms with Gasteiger partial charge in [-0.05, 0) is 18.1 Å². The van der Waals surface area contributed by atoms with E-state index in [9.17, 15) is 0 Å². The van der Waals surface area contributed by atoms with E-state index in [0.29, 0.717) is 11.6 Å². The van der Waals surface area contributed by atoms with E-state index in [1.807, 2.05) is 10.9 Å². The van der Waals surface area contributed by atoms with Crippen LogP contribution in [-0.4, -0.2) is 19.9 Å². The molecule has 0 saturated heterocycles. The minimum atomic E-state index is -0.0122. The largest absolute Gasteiger partial charge is 0.436 e. The lowest BCUT2D eigenvalue weighted by molar-refractivity contribution is 0.281. The van der Waals surface area contributed by atoms with Gasteiger partial charge in [-0.15, -0.1) is 0 Å². The Kier molecular flexibility index (Phi) is 3.72. The van der Waals surface area contributed by atoms with Crippen molar-refractivity contribution in [3.05, 3.63) is 36.3 Å². The van der Waals surface area contributed by atoms with Crippen LogP contribution in [0.3, 0.4) is 0 Å². The van der Waals surface area contributed by atoms with Gasteiger partial charge in [0.25, 0.3) is 0 Å². The molecule has 2 heterocycles. The van der Waals surface area contributed by atoms with Crippen LogP contribution >= 0.6 is 0 Å². The normalized spacial score (nSPS) is 10.5. The van der Waals surface area contributed by atoms with Crippen molar-refractivity contribution in [2.24, 2.45) is 0 Å². The molecule has 0 saturated carbocycles. The molecule has 0 radical (unpaired) electrons. The third-order valence-electron chi connectivity index (χ3n) is 2.26. The molecule has 1 N–H and O–H groups in total. The lowest BCUT2D eigenvalue weighted by Gasteiger charge is -2.01. The Labute approximate surface area is 99.7 Å². The van der Waals surface area contributed by atoms with E-state index >= 15 is 0 Å². The van der Waals surface area contributed by atoms with E-state index in [0.717, 1.165) is 18.5 Å². The van der Waals surface area contributed by atoms with Gasteiger partial charge in [-0.25, -0.2) is 4.98 Å². The summed E-state index contributed by atoms with van der Waals surface area (Å²) in [5, 5.41) is 13.0. The first-order chi connectivity index (χ1) is 8.31. The maximum atomic E-state index is 8.89. The second kappa shape index (κ2) is 5.45. The molecule has 2 rings (SSSR count). The number of hydrogen-bond donors (Lipinski definition) is 1. The van der Waals surface area contributed by atoms with E-state index in [1.165, 1.54) is 0 Å². The van der Waals surface area contributed by atoms with Gasteiger partial charge in [-0.3, -0.25) is 4.68 Å². The molecule has 0 amide bonds. The molecule has 5 nitrogen and oxygen atoms in total. The number of aliphatic hydroxyl groups excluding tert-OH is 1. The molecule has 0 aliphatic heterocycles. The molecule has 0 aromatic carbocycles. The van der Waals surface area contributed by atoms with Crippen molar-refractivity contribution in [3.63, 3.8) is 0 Å². The number of pyridine rings is 1. The smallest absolute Gasteiger partial charge is 0.219 e. The predicted octanol–water partition coefficient (Wildman–Crippen LogP) is 1.97. The monoisotopic (exact) mass is 233 g/mol. The zero-order chi connectivity index (χ0) is 12.1. The van der Waals surface area contributed by atoms with Crippen molar-refractivity contribution in [2.75, 3.05) is 0 Å². The Morgan fingerprint density at radius 1 is 1.35 bits per heavy atom. The molecule has 0 aliphatic carbocycles. The Bertz CT molecular complexity index is 465. The van der Waals surface area contributed by atoms with Crippen LogP contribution in [0.2, 0.25) is 0 Å². The van der Waals surface area contributed by atoms with Crippen molar-refractivity contribution in [1.29, 1.82) is 0 Å². The van der Waals surface area contributed by atoms with Crippen molar-refractivity contribution >= 4 is 0 Å². The van der Waals surface area contributed by atoms with Gasteiger partial charge < -0.3 is 9.84 Å². The summed E-state index contributed by atoms with van der Waals surface area (Å²) in [6, 6.07) is 3.50. The van der Waals surface area contributed by atoms with Gasteiger partial charge in [0.05, 0.1) is 19.0 Å². The Hall–Kier alpha value is -1.88. The van der Waals surface area contributed by atoms with Crippen LogP contribution in [0.25, 0.3) is 0 Å². The number of aryl methyl sites for hydroxylation is 1. The van der Waals surface area contributed by atoms with E-state index in [2.05, 4.69) is 17.0 Å². The van der Waals surface area contributed by atoms with Gasteiger partial charge in [0, 0.05) is 18.8 Å². The highest BCUT2D eigenvalue weighted by molar-refractivity contribution is 5.23. The highest BCUT2D eigenvalue weighted by Gasteiger charge is 2.02. The summed E-state index contributed by atoms with van der Waals surface area (Å²) in [4.78, 5) is 4.08. The number of hydrogen-bond acceptors (Lipinski definition) is 4. The van der Waals surface area contributed by atoms with Crippen molar-refractivity contribution in [2.45, 2.75) is 26.5 Å². The van der Waals surface area contributed by atoms with Crippen LogP contribution in [0.15, 0.2) is 30.7 Å². The second-order valence-corrected chi connectivity index (χ2v) is 3.70. The van der Waals surface area contributed by atoms with Crippen LogP contribution in [0.1, 0.15) is 18.9 Å². The van der Waals surface area contributed by atoms with Crippen molar-refractivity contribution in [1.82, 2.24) is 14.8 Å². The van der Waals surface area contributed by atoms with Gasteiger partial charge >= 0.3 is 0 Å². The Balaban J connectivity index is 2.03.